The molecule has 15 aromatic rings. The highest BCUT2D eigenvalue weighted by molar-refractivity contribution is 7.00. The fourth-order valence-electron chi connectivity index (χ4n) is 18.9. The van der Waals surface area contributed by atoms with Gasteiger partial charge in [-0.2, -0.15) is 0 Å². The van der Waals surface area contributed by atoms with E-state index < -0.39 is 0 Å². The predicted octanol–water partition coefficient (Wildman–Crippen LogP) is 23.6. The first-order valence-electron chi connectivity index (χ1n) is 36.8. The maximum atomic E-state index is 2.91. The Balaban J connectivity index is 0.925. The second-order valence-corrected chi connectivity index (χ2v) is 30.4. The summed E-state index contributed by atoms with van der Waals surface area (Å²) in [6.07, 6.45) is 6.53. The van der Waals surface area contributed by atoms with E-state index in [1.807, 2.05) is 0 Å². The maximum absolute atomic E-state index is 2.91. The average molecular weight is 1310 g/mol. The van der Waals surface area contributed by atoms with Crippen molar-refractivity contribution in [2.45, 2.75) is 70.4 Å². The van der Waals surface area contributed by atoms with Crippen LogP contribution in [0.5, 0.6) is 0 Å². The summed E-state index contributed by atoms with van der Waals surface area (Å²) >= 11 is 0. The van der Waals surface area contributed by atoms with Gasteiger partial charge in [0.25, 0.3) is 6.71 Å². The van der Waals surface area contributed by atoms with Crippen molar-refractivity contribution in [2.75, 3.05) is 14.7 Å². The molecule has 14 aromatic carbocycles. The third-order valence-electron chi connectivity index (χ3n) is 23.4. The summed E-state index contributed by atoms with van der Waals surface area (Å²) in [7, 11) is 0. The number of aromatic nitrogens is 1. The first-order chi connectivity index (χ1) is 50.2. The van der Waals surface area contributed by atoms with Crippen molar-refractivity contribution in [2.24, 2.45) is 11.8 Å². The summed E-state index contributed by atoms with van der Waals surface area (Å²) in [5.41, 5.74) is 33.4. The van der Waals surface area contributed by atoms with Gasteiger partial charge in [-0.25, -0.2) is 0 Å². The second-order valence-electron chi connectivity index (χ2n) is 30.4. The topological polar surface area (TPSA) is 14.7 Å². The highest BCUT2D eigenvalue weighted by Gasteiger charge is 2.49. The zero-order chi connectivity index (χ0) is 67.7. The van der Waals surface area contributed by atoms with E-state index in [9.17, 15) is 0 Å². The molecule has 21 rings (SSSR count). The number of fused-ring (bicyclic) bond motifs is 7. The van der Waals surface area contributed by atoms with Crippen molar-refractivity contribution >= 4 is 84.7 Å². The lowest BCUT2D eigenvalue weighted by Gasteiger charge is -2.57. The molecule has 0 unspecified atom stereocenters. The lowest BCUT2D eigenvalue weighted by Crippen LogP contribution is -2.62. The fraction of sp³-hybridized carbons (Fsp3) is 0.134. The highest BCUT2D eigenvalue weighted by Crippen LogP contribution is 2.56. The highest BCUT2D eigenvalue weighted by atomic mass is 15.2. The SMILES string of the molecule is CC(C)(C)c1ccc(-c2cc3c4c(c2)N(c2c(-c5ccccc5)cccc2-c2ccccc2)c2cc(-n5c6ccc(-c7ccccc7)cc6c6cc(-c7ccccc7)ccc65)ccc2B4c2ccc(N4C5CC6CC(C5)CC4C6)cc2N3c2c(-c3ccccc3)cccc2-c2ccccc2)cc1. The fourth-order valence-corrected chi connectivity index (χ4v) is 18.9. The molecular formula is C97H77BN4. The molecule has 488 valence electrons. The Hall–Kier alpha value is -11.7. The van der Waals surface area contributed by atoms with Gasteiger partial charge in [0.1, 0.15) is 0 Å². The zero-order valence-electron chi connectivity index (χ0n) is 57.9. The quantitative estimate of drug-likeness (QED) is 0.120. The van der Waals surface area contributed by atoms with Crippen LogP contribution in [0.1, 0.15) is 58.4 Å². The molecule has 4 fully saturated rings. The van der Waals surface area contributed by atoms with E-state index in [0.29, 0.717) is 12.1 Å². The lowest BCUT2D eigenvalue weighted by molar-refractivity contribution is 0.0900. The van der Waals surface area contributed by atoms with E-state index in [1.165, 1.54) is 138 Å². The van der Waals surface area contributed by atoms with Crippen LogP contribution in [0.4, 0.5) is 39.8 Å². The minimum absolute atomic E-state index is 0.0357. The van der Waals surface area contributed by atoms with Gasteiger partial charge in [-0.05, 0) is 188 Å². The first-order valence-corrected chi connectivity index (χ1v) is 36.8. The number of hydrogen-bond acceptors (Lipinski definition) is 3. The van der Waals surface area contributed by atoms with Gasteiger partial charge in [0.05, 0.1) is 22.4 Å². The summed E-state index contributed by atoms with van der Waals surface area (Å²) in [5, 5.41) is 2.43. The molecule has 4 bridgehead atoms. The van der Waals surface area contributed by atoms with Crippen LogP contribution >= 0.6 is 0 Å². The summed E-state index contributed by atoms with van der Waals surface area (Å²) in [5.74, 6) is 1.65. The molecule has 0 amide bonds. The van der Waals surface area contributed by atoms with Gasteiger partial charge in [-0.3, -0.25) is 0 Å². The molecule has 0 atom stereocenters. The number of nitrogens with zero attached hydrogens (tertiary/aromatic N) is 4. The average Bonchev–Trinajstić information content (AvgIpc) is 0.731. The minimum Gasteiger partial charge on any atom is -0.365 e. The maximum Gasteiger partial charge on any atom is 0.252 e. The predicted molar refractivity (Wildman–Crippen MR) is 432 cm³/mol. The van der Waals surface area contributed by atoms with Gasteiger partial charge < -0.3 is 19.3 Å². The second kappa shape index (κ2) is 24.0. The van der Waals surface area contributed by atoms with Crippen LogP contribution in [0.2, 0.25) is 0 Å². The third-order valence-corrected chi connectivity index (χ3v) is 23.4. The molecular weight excluding hydrogens is 1230 g/mol. The molecule has 102 heavy (non-hydrogen) atoms. The third kappa shape index (κ3) is 9.94. The Bertz CT molecular complexity index is 5500. The van der Waals surface area contributed by atoms with Crippen LogP contribution in [0.25, 0.3) is 105 Å². The monoisotopic (exact) mass is 1310 g/mol. The summed E-state index contributed by atoms with van der Waals surface area (Å²) < 4.78 is 2.55. The van der Waals surface area contributed by atoms with Gasteiger partial charge in [0.15, 0.2) is 0 Å². The van der Waals surface area contributed by atoms with Crippen LogP contribution in [0.15, 0.2) is 328 Å². The van der Waals surface area contributed by atoms with E-state index in [-0.39, 0.29) is 12.1 Å². The van der Waals surface area contributed by atoms with E-state index >= 15 is 0 Å². The molecule has 0 N–H and O–H groups in total. The summed E-state index contributed by atoms with van der Waals surface area (Å²) in [4.78, 5) is 8.39. The Labute approximate surface area is 599 Å². The molecule has 0 radical (unpaired) electrons. The first kappa shape index (κ1) is 60.3. The number of piperidine rings is 2. The molecule has 2 saturated heterocycles. The Morgan fingerprint density at radius 1 is 0.294 bits per heavy atom. The standard InChI is InChI=1S/C97H77BN4/c1-97(2,3)75-44-40-67(41-45-75)74-59-92-94-93(60-74)102(96-82(70-32-18-8-19-33-70)38-23-39-83(96)71-34-20-9-21-35-71)91-62-77(100-88-50-42-72(65-24-10-4-11-25-65)57-84(88)85-58-73(43-51-89(85)100)66-26-12-5-13-27-66)47-49-87(91)98(94)86-48-46-76(99-78-53-63-52-64(55-78)56-79(99)54-63)61-90(86)101(92)95-80(68-28-14-6-15-29-68)36-22-37-81(95)69-30-16-7-17-31-69/h4-51,57-64,78-79H,52-56H2,1-3H3. The van der Waals surface area contributed by atoms with Crippen LogP contribution in [0, 0.1) is 11.8 Å². The molecule has 1 aromatic heterocycles. The zero-order valence-corrected chi connectivity index (χ0v) is 57.9. The molecule has 0 spiro atoms. The van der Waals surface area contributed by atoms with Crippen LogP contribution in [-0.2, 0) is 5.41 Å². The Morgan fingerprint density at radius 2 is 0.657 bits per heavy atom. The molecule has 5 heteroatoms. The normalized spacial score (nSPS) is 17.1. The van der Waals surface area contributed by atoms with Crippen molar-refractivity contribution in [3.05, 3.63) is 333 Å². The van der Waals surface area contributed by atoms with Crippen molar-refractivity contribution in [3.8, 4) is 83.6 Å². The Kier molecular flexibility index (Phi) is 14.2. The van der Waals surface area contributed by atoms with Crippen LogP contribution in [0.3, 0.4) is 0 Å². The number of anilines is 7. The largest absolute Gasteiger partial charge is 0.365 e. The van der Waals surface area contributed by atoms with Gasteiger partial charge >= 0.3 is 0 Å². The number of hydrogen-bond donors (Lipinski definition) is 0. The van der Waals surface area contributed by atoms with Crippen molar-refractivity contribution < 1.29 is 0 Å². The van der Waals surface area contributed by atoms with E-state index in [2.05, 4.69) is 368 Å². The van der Waals surface area contributed by atoms with Gasteiger partial charge in [-0.1, -0.05) is 288 Å². The summed E-state index contributed by atoms with van der Waals surface area (Å²) in [6, 6.07) is 126. The molecule has 2 saturated carbocycles. The Morgan fingerprint density at radius 3 is 1.06 bits per heavy atom. The smallest absolute Gasteiger partial charge is 0.252 e. The van der Waals surface area contributed by atoms with E-state index in [4.69, 9.17) is 0 Å². The van der Waals surface area contributed by atoms with E-state index in [1.54, 1.807) is 0 Å². The van der Waals surface area contributed by atoms with Crippen LogP contribution < -0.4 is 31.1 Å². The minimum atomic E-state index is -0.186. The van der Waals surface area contributed by atoms with Gasteiger partial charge in [-0.15, -0.1) is 0 Å². The molecule has 4 nitrogen and oxygen atoms in total. The number of rotatable bonds is 11. The molecule has 4 aliphatic heterocycles. The lowest BCUT2D eigenvalue weighted by atomic mass is 9.33. The van der Waals surface area contributed by atoms with E-state index in [0.717, 1.165) is 73.4 Å². The van der Waals surface area contributed by atoms with Crippen LogP contribution in [-0.4, -0.2) is 23.4 Å². The van der Waals surface area contributed by atoms with Crippen molar-refractivity contribution in [1.29, 1.82) is 0 Å². The number of benzene rings is 14. The van der Waals surface area contributed by atoms with Crippen molar-refractivity contribution in [3.63, 3.8) is 0 Å². The van der Waals surface area contributed by atoms with Gasteiger partial charge in [0, 0.05) is 79.2 Å². The summed E-state index contributed by atoms with van der Waals surface area (Å²) in [6.45, 7) is 6.79. The van der Waals surface area contributed by atoms with Gasteiger partial charge in [0.2, 0.25) is 0 Å². The van der Waals surface area contributed by atoms with Crippen molar-refractivity contribution in [1.82, 2.24) is 4.57 Å². The molecule has 6 aliphatic rings. The number of para-hydroxylation sites is 2. The molecule has 2 aliphatic carbocycles. The molecule has 5 heterocycles.